The summed E-state index contributed by atoms with van der Waals surface area (Å²) in [5.74, 6) is -1.73. The second-order valence-corrected chi connectivity index (χ2v) is 9.29. The number of carbonyl (C=O) groups is 3. The summed E-state index contributed by atoms with van der Waals surface area (Å²) >= 11 is 3.17. The highest BCUT2D eigenvalue weighted by Gasteiger charge is 2.53. The SMILES string of the molecule is Cc1ccc(COCC2(C(C)C)NC(=O)N(CC(=O)Cc3ccc(Br)cc3F)C2=O)cc1. The summed E-state index contributed by atoms with van der Waals surface area (Å²) in [6.07, 6.45) is -0.214. The van der Waals surface area contributed by atoms with E-state index in [1.54, 1.807) is 6.07 Å². The van der Waals surface area contributed by atoms with Crippen LogP contribution in [0.2, 0.25) is 0 Å². The number of halogens is 2. The molecule has 0 aliphatic carbocycles. The molecule has 1 N–H and O–H groups in total. The lowest BCUT2D eigenvalue weighted by atomic mass is 9.87. The Morgan fingerprint density at radius 2 is 1.88 bits per heavy atom. The topological polar surface area (TPSA) is 75.7 Å². The molecule has 1 aliphatic heterocycles. The first-order valence-electron chi connectivity index (χ1n) is 10.4. The molecule has 6 nitrogen and oxygen atoms in total. The number of Topliss-reactive ketones (excluding diaryl/α,β-unsaturated/α-hetero) is 1. The van der Waals surface area contributed by atoms with E-state index < -0.39 is 35.6 Å². The fraction of sp³-hybridized carbons (Fsp3) is 0.375. The standard InChI is InChI=1S/C24H26BrFN2O4/c1-15(2)24(14-32-13-17-6-4-16(3)5-7-17)22(30)28(23(31)27-24)12-20(29)10-18-8-9-19(25)11-21(18)26/h4-9,11,15H,10,12-14H2,1-3H3,(H,27,31). The third-order valence-electron chi connectivity index (χ3n) is 5.64. The molecule has 170 valence electrons. The van der Waals surface area contributed by atoms with Crippen LogP contribution in [0.25, 0.3) is 0 Å². The van der Waals surface area contributed by atoms with Gasteiger partial charge in [0.2, 0.25) is 0 Å². The van der Waals surface area contributed by atoms with Crippen LogP contribution in [0, 0.1) is 18.7 Å². The van der Waals surface area contributed by atoms with E-state index in [4.69, 9.17) is 4.74 Å². The third kappa shape index (κ3) is 5.24. The Kier molecular flexibility index (Phi) is 7.46. The zero-order chi connectivity index (χ0) is 23.5. The third-order valence-corrected chi connectivity index (χ3v) is 6.14. The summed E-state index contributed by atoms with van der Waals surface area (Å²) in [6.45, 7) is 5.47. The van der Waals surface area contributed by atoms with Gasteiger partial charge in [-0.15, -0.1) is 0 Å². The normalized spacial score (nSPS) is 18.4. The highest BCUT2D eigenvalue weighted by molar-refractivity contribution is 9.10. The van der Waals surface area contributed by atoms with E-state index in [9.17, 15) is 18.8 Å². The van der Waals surface area contributed by atoms with Gasteiger partial charge in [0.05, 0.1) is 19.8 Å². The fourth-order valence-electron chi connectivity index (χ4n) is 3.57. The van der Waals surface area contributed by atoms with Crippen molar-refractivity contribution in [1.82, 2.24) is 10.2 Å². The van der Waals surface area contributed by atoms with Crippen LogP contribution >= 0.6 is 15.9 Å². The van der Waals surface area contributed by atoms with E-state index in [0.717, 1.165) is 16.0 Å². The number of rotatable bonds is 9. The highest BCUT2D eigenvalue weighted by atomic mass is 79.9. The van der Waals surface area contributed by atoms with Crippen molar-refractivity contribution in [2.24, 2.45) is 5.92 Å². The van der Waals surface area contributed by atoms with Gasteiger partial charge in [0.25, 0.3) is 5.91 Å². The Labute approximate surface area is 195 Å². The van der Waals surface area contributed by atoms with Gasteiger partial charge in [-0.25, -0.2) is 9.18 Å². The van der Waals surface area contributed by atoms with Crippen molar-refractivity contribution in [2.45, 2.75) is 39.3 Å². The average molecular weight is 505 g/mol. The lowest BCUT2D eigenvalue weighted by Gasteiger charge is -2.30. The monoisotopic (exact) mass is 504 g/mol. The van der Waals surface area contributed by atoms with E-state index in [1.807, 2.05) is 45.0 Å². The van der Waals surface area contributed by atoms with Crippen LogP contribution in [-0.4, -0.2) is 41.3 Å². The van der Waals surface area contributed by atoms with E-state index in [-0.39, 0.29) is 24.5 Å². The van der Waals surface area contributed by atoms with Crippen LogP contribution in [0.1, 0.15) is 30.5 Å². The number of carbonyl (C=O) groups excluding carboxylic acids is 3. The van der Waals surface area contributed by atoms with Gasteiger partial charge in [0.1, 0.15) is 11.4 Å². The summed E-state index contributed by atoms with van der Waals surface area (Å²) in [6, 6.07) is 11.6. The molecule has 2 aromatic rings. The molecule has 0 bridgehead atoms. The number of amides is 3. The van der Waals surface area contributed by atoms with Gasteiger partial charge in [-0.3, -0.25) is 14.5 Å². The van der Waals surface area contributed by atoms with Gasteiger partial charge in [-0.1, -0.05) is 65.7 Å². The fourth-order valence-corrected chi connectivity index (χ4v) is 3.90. The maximum absolute atomic E-state index is 14.0. The van der Waals surface area contributed by atoms with Crippen molar-refractivity contribution in [2.75, 3.05) is 13.2 Å². The molecule has 8 heteroatoms. The lowest BCUT2D eigenvalue weighted by Crippen LogP contribution is -2.55. The largest absolute Gasteiger partial charge is 0.374 e. The van der Waals surface area contributed by atoms with Crippen molar-refractivity contribution in [3.63, 3.8) is 0 Å². The Bertz CT molecular complexity index is 1030. The molecular formula is C24H26BrFN2O4. The van der Waals surface area contributed by atoms with Gasteiger partial charge in [-0.05, 0) is 36.1 Å². The first-order valence-corrected chi connectivity index (χ1v) is 11.1. The van der Waals surface area contributed by atoms with Crippen molar-refractivity contribution in [1.29, 1.82) is 0 Å². The number of hydrogen-bond donors (Lipinski definition) is 1. The van der Waals surface area contributed by atoms with Gasteiger partial charge in [0, 0.05) is 10.9 Å². The van der Waals surface area contributed by atoms with Crippen LogP contribution in [0.3, 0.4) is 0 Å². The summed E-state index contributed by atoms with van der Waals surface area (Å²) in [4.78, 5) is 39.2. The number of benzene rings is 2. The first kappa shape index (κ1) is 24.1. The number of nitrogens with one attached hydrogen (secondary N) is 1. The van der Waals surface area contributed by atoms with Gasteiger partial charge < -0.3 is 10.1 Å². The Morgan fingerprint density at radius 3 is 2.50 bits per heavy atom. The van der Waals surface area contributed by atoms with Gasteiger partial charge in [0.15, 0.2) is 5.78 Å². The minimum absolute atomic E-state index is 0.0187. The summed E-state index contributed by atoms with van der Waals surface area (Å²) in [5.41, 5.74) is 1.04. The van der Waals surface area contributed by atoms with Crippen LogP contribution in [-0.2, 0) is 27.4 Å². The molecule has 0 aromatic heterocycles. The number of ether oxygens (including phenoxy) is 1. The molecule has 0 saturated carbocycles. The molecular weight excluding hydrogens is 479 g/mol. The number of hydrogen-bond acceptors (Lipinski definition) is 4. The van der Waals surface area contributed by atoms with Crippen LogP contribution in [0.15, 0.2) is 46.9 Å². The van der Waals surface area contributed by atoms with Crippen LogP contribution in [0.4, 0.5) is 9.18 Å². The molecule has 1 saturated heterocycles. The lowest BCUT2D eigenvalue weighted by molar-refractivity contribution is -0.138. The second-order valence-electron chi connectivity index (χ2n) is 8.38. The molecule has 2 aromatic carbocycles. The Morgan fingerprint density at radius 1 is 1.19 bits per heavy atom. The van der Waals surface area contributed by atoms with E-state index in [2.05, 4.69) is 21.2 Å². The maximum Gasteiger partial charge on any atom is 0.325 e. The Balaban J connectivity index is 1.66. The molecule has 3 amide bonds. The molecule has 1 heterocycles. The van der Waals surface area contributed by atoms with Crippen molar-refractivity contribution < 1.29 is 23.5 Å². The number of nitrogens with zero attached hydrogens (tertiary/aromatic N) is 1. The van der Waals surface area contributed by atoms with Crippen LogP contribution < -0.4 is 5.32 Å². The maximum atomic E-state index is 14.0. The average Bonchev–Trinajstić information content (AvgIpc) is 2.97. The summed E-state index contributed by atoms with van der Waals surface area (Å²) in [7, 11) is 0. The van der Waals surface area contributed by atoms with Gasteiger partial charge in [-0.2, -0.15) is 0 Å². The smallest absolute Gasteiger partial charge is 0.325 e. The van der Waals surface area contributed by atoms with Crippen molar-refractivity contribution >= 4 is 33.7 Å². The number of aryl methyl sites for hydroxylation is 1. The molecule has 0 spiro atoms. The molecule has 3 rings (SSSR count). The number of imide groups is 1. The number of ketones is 1. The number of urea groups is 1. The van der Waals surface area contributed by atoms with E-state index >= 15 is 0 Å². The highest BCUT2D eigenvalue weighted by Crippen LogP contribution is 2.27. The van der Waals surface area contributed by atoms with E-state index in [0.29, 0.717) is 11.1 Å². The molecule has 1 atom stereocenters. The molecule has 1 unspecified atom stereocenters. The van der Waals surface area contributed by atoms with Crippen LogP contribution in [0.5, 0.6) is 0 Å². The Hall–Kier alpha value is -2.58. The van der Waals surface area contributed by atoms with Crippen molar-refractivity contribution in [3.8, 4) is 0 Å². The quantitative estimate of drug-likeness (QED) is 0.520. The van der Waals surface area contributed by atoms with E-state index in [1.165, 1.54) is 12.1 Å². The van der Waals surface area contributed by atoms with Gasteiger partial charge >= 0.3 is 6.03 Å². The predicted octanol–water partition coefficient (Wildman–Crippen LogP) is 4.17. The molecule has 1 fully saturated rings. The summed E-state index contributed by atoms with van der Waals surface area (Å²) in [5, 5.41) is 2.73. The zero-order valence-electron chi connectivity index (χ0n) is 18.3. The minimum atomic E-state index is -1.26. The zero-order valence-corrected chi connectivity index (χ0v) is 19.9. The second kappa shape index (κ2) is 9.92. The summed E-state index contributed by atoms with van der Waals surface area (Å²) < 4.78 is 20.4. The molecule has 0 radical (unpaired) electrons. The first-order chi connectivity index (χ1) is 15.1. The predicted molar refractivity (Wildman–Crippen MR) is 121 cm³/mol. The van der Waals surface area contributed by atoms with Crippen molar-refractivity contribution in [3.05, 3.63) is 69.4 Å². The molecule has 1 aliphatic rings. The minimum Gasteiger partial charge on any atom is -0.374 e. The molecule has 32 heavy (non-hydrogen) atoms.